The Labute approximate surface area is 164 Å². The van der Waals surface area contributed by atoms with Crippen LogP contribution in [0.15, 0.2) is 18.2 Å². The van der Waals surface area contributed by atoms with Gasteiger partial charge in [0.2, 0.25) is 0 Å². The second kappa shape index (κ2) is 10.3. The molecule has 2 aliphatic rings. The predicted molar refractivity (Wildman–Crippen MR) is 109 cm³/mol. The number of aliphatic hydroxyl groups is 1. The summed E-state index contributed by atoms with van der Waals surface area (Å²) in [6.45, 7) is 4.39. The van der Waals surface area contributed by atoms with Crippen molar-refractivity contribution in [3.63, 3.8) is 0 Å². The SMILES string of the molecule is COc1cc(CN2CCN(C3CCCCCC3)C[C@H]2CCO)cc(OC)c1. The van der Waals surface area contributed by atoms with Gasteiger partial charge in [-0.25, -0.2) is 0 Å². The number of methoxy groups -OCH3 is 2. The summed E-state index contributed by atoms with van der Waals surface area (Å²) in [6.07, 6.45) is 9.07. The van der Waals surface area contributed by atoms with Crippen LogP contribution in [-0.2, 0) is 6.54 Å². The van der Waals surface area contributed by atoms with Gasteiger partial charge in [0.05, 0.1) is 14.2 Å². The maximum absolute atomic E-state index is 9.62. The van der Waals surface area contributed by atoms with Gasteiger partial charge in [0.1, 0.15) is 11.5 Å². The first kappa shape index (κ1) is 20.4. The standard InChI is InChI=1S/C22H36N2O3/c1-26-21-13-18(14-22(15-21)27-2)16-23-10-11-24(17-20(23)9-12-25)19-7-5-3-4-6-8-19/h13-15,19-20,25H,3-12,16-17H2,1-2H3/t20-/m1/s1. The molecule has 1 aliphatic carbocycles. The molecule has 1 saturated heterocycles. The monoisotopic (exact) mass is 376 g/mol. The molecule has 1 saturated carbocycles. The van der Waals surface area contributed by atoms with E-state index in [1.54, 1.807) is 14.2 Å². The minimum atomic E-state index is 0.251. The topological polar surface area (TPSA) is 45.2 Å². The Bertz CT molecular complexity index is 550. The molecule has 27 heavy (non-hydrogen) atoms. The first-order valence-corrected chi connectivity index (χ1v) is 10.5. The highest BCUT2D eigenvalue weighted by atomic mass is 16.5. The second-order valence-corrected chi connectivity index (χ2v) is 8.00. The summed E-state index contributed by atoms with van der Waals surface area (Å²) in [5, 5.41) is 9.62. The van der Waals surface area contributed by atoms with Gasteiger partial charge >= 0.3 is 0 Å². The molecule has 2 fully saturated rings. The molecule has 1 aromatic carbocycles. The smallest absolute Gasteiger partial charge is 0.122 e. The average Bonchev–Trinajstić information content (AvgIpc) is 2.98. The fraction of sp³-hybridized carbons (Fsp3) is 0.727. The number of ether oxygens (including phenoxy) is 2. The molecule has 0 amide bonds. The molecule has 0 unspecified atom stereocenters. The highest BCUT2D eigenvalue weighted by Crippen LogP contribution is 2.28. The molecule has 1 aromatic rings. The first-order valence-electron chi connectivity index (χ1n) is 10.5. The molecule has 0 spiro atoms. The number of rotatable bonds is 7. The third-order valence-corrected chi connectivity index (χ3v) is 6.24. The Morgan fingerprint density at radius 3 is 2.22 bits per heavy atom. The predicted octanol–water partition coefficient (Wildman–Crippen LogP) is 3.30. The highest BCUT2D eigenvalue weighted by Gasteiger charge is 2.30. The Balaban J connectivity index is 1.67. The Morgan fingerprint density at radius 2 is 1.63 bits per heavy atom. The van der Waals surface area contributed by atoms with Gasteiger partial charge < -0.3 is 14.6 Å². The van der Waals surface area contributed by atoms with E-state index in [0.717, 1.165) is 50.1 Å². The van der Waals surface area contributed by atoms with Crippen molar-refractivity contribution in [3.05, 3.63) is 23.8 Å². The van der Waals surface area contributed by atoms with Crippen LogP contribution in [0, 0.1) is 0 Å². The zero-order chi connectivity index (χ0) is 19.1. The summed E-state index contributed by atoms with van der Waals surface area (Å²) in [5.74, 6) is 1.67. The van der Waals surface area contributed by atoms with E-state index in [9.17, 15) is 5.11 Å². The number of aliphatic hydroxyl groups excluding tert-OH is 1. The zero-order valence-corrected chi connectivity index (χ0v) is 17.0. The van der Waals surface area contributed by atoms with Crippen molar-refractivity contribution in [2.24, 2.45) is 0 Å². The van der Waals surface area contributed by atoms with Gasteiger partial charge in [0.25, 0.3) is 0 Å². The van der Waals surface area contributed by atoms with E-state index in [1.165, 1.54) is 44.1 Å². The highest BCUT2D eigenvalue weighted by molar-refractivity contribution is 5.38. The van der Waals surface area contributed by atoms with Crippen LogP contribution in [0.4, 0.5) is 0 Å². The molecule has 152 valence electrons. The maximum atomic E-state index is 9.62. The van der Waals surface area contributed by atoms with Gasteiger partial charge in [-0.1, -0.05) is 25.7 Å². The third-order valence-electron chi connectivity index (χ3n) is 6.24. The lowest BCUT2D eigenvalue weighted by molar-refractivity contribution is 0.0275. The van der Waals surface area contributed by atoms with Crippen molar-refractivity contribution >= 4 is 0 Å². The second-order valence-electron chi connectivity index (χ2n) is 8.00. The van der Waals surface area contributed by atoms with E-state index in [0.29, 0.717) is 6.04 Å². The van der Waals surface area contributed by atoms with E-state index in [1.807, 2.05) is 6.07 Å². The summed E-state index contributed by atoms with van der Waals surface area (Å²) in [7, 11) is 3.39. The number of piperazine rings is 1. The van der Waals surface area contributed by atoms with Gasteiger partial charge in [0, 0.05) is 50.9 Å². The van der Waals surface area contributed by atoms with Gasteiger partial charge in [-0.3, -0.25) is 9.80 Å². The quantitative estimate of drug-likeness (QED) is 0.740. The number of benzene rings is 1. The molecule has 0 aromatic heterocycles. The van der Waals surface area contributed by atoms with Crippen LogP contribution in [0.3, 0.4) is 0 Å². The molecule has 5 heteroatoms. The summed E-state index contributed by atoms with van der Waals surface area (Å²) in [6, 6.07) is 7.25. The summed E-state index contributed by atoms with van der Waals surface area (Å²) in [5.41, 5.74) is 1.21. The lowest BCUT2D eigenvalue weighted by Gasteiger charge is -2.44. The minimum Gasteiger partial charge on any atom is -0.497 e. The van der Waals surface area contributed by atoms with E-state index in [2.05, 4.69) is 21.9 Å². The molecule has 5 nitrogen and oxygen atoms in total. The molecule has 1 atom stereocenters. The zero-order valence-electron chi connectivity index (χ0n) is 17.0. The average molecular weight is 377 g/mol. The van der Waals surface area contributed by atoms with Crippen molar-refractivity contribution in [1.82, 2.24) is 9.80 Å². The lowest BCUT2D eigenvalue weighted by atomic mass is 10.0. The van der Waals surface area contributed by atoms with Crippen molar-refractivity contribution in [3.8, 4) is 11.5 Å². The lowest BCUT2D eigenvalue weighted by Crippen LogP contribution is -2.55. The fourth-order valence-electron chi connectivity index (χ4n) is 4.69. The van der Waals surface area contributed by atoms with Crippen LogP contribution in [-0.4, -0.2) is 67.5 Å². The van der Waals surface area contributed by atoms with Crippen LogP contribution in [0.2, 0.25) is 0 Å². The van der Waals surface area contributed by atoms with Gasteiger partial charge in [-0.2, -0.15) is 0 Å². The van der Waals surface area contributed by atoms with Crippen LogP contribution in [0.25, 0.3) is 0 Å². The van der Waals surface area contributed by atoms with Crippen LogP contribution < -0.4 is 9.47 Å². The molecule has 0 bridgehead atoms. The molecular formula is C22H36N2O3. The van der Waals surface area contributed by atoms with Crippen LogP contribution in [0.5, 0.6) is 11.5 Å². The van der Waals surface area contributed by atoms with E-state index in [4.69, 9.17) is 9.47 Å². The van der Waals surface area contributed by atoms with E-state index >= 15 is 0 Å². The van der Waals surface area contributed by atoms with Crippen LogP contribution in [0.1, 0.15) is 50.5 Å². The van der Waals surface area contributed by atoms with Crippen molar-refractivity contribution in [2.45, 2.75) is 63.6 Å². The summed E-state index contributed by atoms with van der Waals surface area (Å²) >= 11 is 0. The largest absolute Gasteiger partial charge is 0.497 e. The Morgan fingerprint density at radius 1 is 0.963 bits per heavy atom. The van der Waals surface area contributed by atoms with E-state index < -0.39 is 0 Å². The minimum absolute atomic E-state index is 0.251. The fourth-order valence-corrected chi connectivity index (χ4v) is 4.69. The first-order chi connectivity index (χ1) is 13.2. The van der Waals surface area contributed by atoms with Gasteiger partial charge in [0.15, 0.2) is 0 Å². The third kappa shape index (κ3) is 5.59. The molecule has 1 heterocycles. The summed E-state index contributed by atoms with van der Waals surface area (Å²) < 4.78 is 10.8. The summed E-state index contributed by atoms with van der Waals surface area (Å²) in [4.78, 5) is 5.23. The molecule has 3 rings (SSSR count). The molecular weight excluding hydrogens is 340 g/mol. The van der Waals surface area contributed by atoms with Crippen molar-refractivity contribution < 1.29 is 14.6 Å². The van der Waals surface area contributed by atoms with E-state index in [-0.39, 0.29) is 6.61 Å². The Kier molecular flexibility index (Phi) is 7.80. The normalized spacial score (nSPS) is 23.1. The van der Waals surface area contributed by atoms with Crippen LogP contribution >= 0.6 is 0 Å². The van der Waals surface area contributed by atoms with Gasteiger partial charge in [-0.05, 0) is 37.0 Å². The van der Waals surface area contributed by atoms with Gasteiger partial charge in [-0.15, -0.1) is 0 Å². The number of nitrogens with zero attached hydrogens (tertiary/aromatic N) is 2. The molecule has 1 aliphatic heterocycles. The Hall–Kier alpha value is -1.30. The molecule has 1 N–H and O–H groups in total. The number of hydrogen-bond acceptors (Lipinski definition) is 5. The van der Waals surface area contributed by atoms with Crippen molar-refractivity contribution in [2.75, 3.05) is 40.5 Å². The maximum Gasteiger partial charge on any atom is 0.122 e. The number of hydrogen-bond donors (Lipinski definition) is 1. The van der Waals surface area contributed by atoms with Crippen molar-refractivity contribution in [1.29, 1.82) is 0 Å². The molecule has 0 radical (unpaired) electrons.